The van der Waals surface area contributed by atoms with Gasteiger partial charge in [0.1, 0.15) is 0 Å². The van der Waals surface area contributed by atoms with Gasteiger partial charge in [0.05, 0.1) is 11.8 Å². The van der Waals surface area contributed by atoms with E-state index in [4.69, 9.17) is 10.7 Å². The predicted molar refractivity (Wildman–Crippen MR) is 150 cm³/mol. The Labute approximate surface area is 218 Å². The number of hydrogen-bond donors (Lipinski definition) is 1. The first-order valence-corrected chi connectivity index (χ1v) is 13.2. The minimum absolute atomic E-state index is 0.138. The topological polar surface area (TPSA) is 74.3 Å². The van der Waals surface area contributed by atoms with Crippen LogP contribution in [0.4, 0.5) is 5.69 Å². The highest BCUT2D eigenvalue weighted by molar-refractivity contribution is 5.76. The molecule has 0 bridgehead atoms. The quantitative estimate of drug-likeness (QED) is 0.497. The zero-order chi connectivity index (χ0) is 25.5. The summed E-state index contributed by atoms with van der Waals surface area (Å²) in [6.45, 7) is 4.15. The lowest BCUT2D eigenvalue weighted by molar-refractivity contribution is -0.117. The normalized spacial score (nSPS) is 17.8. The molecule has 2 aliphatic rings. The lowest BCUT2D eigenvalue weighted by atomic mass is 9.88. The lowest BCUT2D eigenvalue weighted by Crippen LogP contribution is -2.40. The molecule has 3 aromatic rings. The van der Waals surface area contributed by atoms with Crippen LogP contribution in [0.2, 0.25) is 0 Å². The number of benzene rings is 3. The molecular formula is C31H35N5O. The Bertz CT molecular complexity index is 1350. The van der Waals surface area contributed by atoms with Gasteiger partial charge in [0, 0.05) is 29.9 Å². The monoisotopic (exact) mass is 493 g/mol. The second kappa shape index (κ2) is 12.0. The molecule has 1 saturated heterocycles. The van der Waals surface area contributed by atoms with E-state index in [1.54, 1.807) is 0 Å². The van der Waals surface area contributed by atoms with Crippen molar-refractivity contribution in [1.82, 2.24) is 4.90 Å². The molecule has 3 aromatic carbocycles. The molecule has 6 heteroatoms. The summed E-state index contributed by atoms with van der Waals surface area (Å²) < 4.78 is 0. The van der Waals surface area contributed by atoms with E-state index >= 15 is 0 Å². The van der Waals surface area contributed by atoms with Crippen LogP contribution in [-0.2, 0) is 11.2 Å². The van der Waals surface area contributed by atoms with Gasteiger partial charge in [0.15, 0.2) is 6.17 Å². The maximum absolute atomic E-state index is 11.3. The third-order valence-electron chi connectivity index (χ3n) is 7.31. The number of aliphatic imine (C=N–C) groups is 1. The van der Waals surface area contributed by atoms with E-state index in [9.17, 15) is 4.79 Å². The summed E-state index contributed by atoms with van der Waals surface area (Å²) in [6.07, 6.45) is 7.35. The molecule has 6 nitrogen and oxygen atoms in total. The fourth-order valence-electron chi connectivity index (χ4n) is 5.39. The van der Waals surface area contributed by atoms with E-state index in [0.717, 1.165) is 67.3 Å². The van der Waals surface area contributed by atoms with E-state index in [-0.39, 0.29) is 12.1 Å². The van der Waals surface area contributed by atoms with Crippen LogP contribution in [0.3, 0.4) is 0 Å². The highest BCUT2D eigenvalue weighted by atomic mass is 16.1. The number of anilines is 1. The largest absolute Gasteiger partial charge is 0.369 e. The molecule has 1 atom stereocenters. The Kier molecular flexibility index (Phi) is 8.06. The first kappa shape index (κ1) is 24.9. The molecule has 1 amide bonds. The maximum Gasteiger partial charge on any atom is 0.221 e. The van der Waals surface area contributed by atoms with Crippen molar-refractivity contribution in [1.29, 1.82) is 0 Å². The first-order valence-electron chi connectivity index (χ1n) is 13.2. The van der Waals surface area contributed by atoms with Crippen molar-refractivity contribution >= 4 is 24.0 Å². The van der Waals surface area contributed by atoms with Gasteiger partial charge < -0.3 is 15.5 Å². The fraction of sp³-hybridized carbons (Fsp3) is 0.323. The van der Waals surface area contributed by atoms with Crippen LogP contribution in [0, 0.1) is 0 Å². The summed E-state index contributed by atoms with van der Waals surface area (Å²) >= 11 is 0. The average Bonchev–Trinajstić information content (AvgIpc) is 3.14. The van der Waals surface area contributed by atoms with Crippen LogP contribution < -0.4 is 21.2 Å². The number of para-hydroxylation sites is 2. The van der Waals surface area contributed by atoms with Crippen molar-refractivity contribution in [2.24, 2.45) is 15.7 Å². The number of piperidine rings is 1. The van der Waals surface area contributed by atoms with E-state index in [2.05, 4.69) is 75.5 Å². The number of nitrogens with two attached hydrogens (primary N) is 1. The smallest absolute Gasteiger partial charge is 0.221 e. The van der Waals surface area contributed by atoms with Gasteiger partial charge in [-0.2, -0.15) is 0 Å². The predicted octanol–water partition coefficient (Wildman–Crippen LogP) is 3.26. The molecule has 2 N–H and O–H groups in total. The Hall–Kier alpha value is -3.77. The number of nitrogens with zero attached hydrogens (tertiary/aromatic N) is 4. The Balaban J connectivity index is 1.20. The molecule has 0 aromatic heterocycles. The van der Waals surface area contributed by atoms with Crippen LogP contribution in [0.15, 0.2) is 88.8 Å². The second-order valence-electron chi connectivity index (χ2n) is 9.92. The van der Waals surface area contributed by atoms with Gasteiger partial charge >= 0.3 is 0 Å². The summed E-state index contributed by atoms with van der Waals surface area (Å²) in [4.78, 5) is 25.9. The summed E-state index contributed by atoms with van der Waals surface area (Å²) in [5.74, 6) is 0.268. The minimum atomic E-state index is -0.276. The van der Waals surface area contributed by atoms with Crippen molar-refractivity contribution in [3.8, 4) is 0 Å². The third kappa shape index (κ3) is 6.52. The molecule has 0 radical (unpaired) electrons. The zero-order valence-electron chi connectivity index (χ0n) is 21.2. The van der Waals surface area contributed by atoms with E-state index in [0.29, 0.717) is 12.3 Å². The fourth-order valence-corrected chi connectivity index (χ4v) is 5.39. The molecule has 37 heavy (non-hydrogen) atoms. The second-order valence-corrected chi connectivity index (χ2v) is 9.92. The van der Waals surface area contributed by atoms with Gasteiger partial charge in [0.2, 0.25) is 5.91 Å². The molecule has 2 aliphatic heterocycles. The number of carbonyl (C=O) groups excluding carboxylic acids is 1. The number of primary amides is 1. The van der Waals surface area contributed by atoms with Crippen LogP contribution in [0.1, 0.15) is 36.3 Å². The number of hydrogen-bond acceptors (Lipinski definition) is 5. The first-order chi connectivity index (χ1) is 18.2. The third-order valence-corrected chi connectivity index (χ3v) is 7.31. The number of amides is 1. The van der Waals surface area contributed by atoms with Gasteiger partial charge in [-0.1, -0.05) is 60.7 Å². The summed E-state index contributed by atoms with van der Waals surface area (Å²) in [7, 11) is 0. The molecule has 1 unspecified atom stereocenters. The summed E-state index contributed by atoms with van der Waals surface area (Å²) in [5, 5.41) is 2.03. The lowest BCUT2D eigenvalue weighted by Gasteiger charge is -2.34. The standard InChI is InChI=1S/C31H35N5O/c32-30(37)21-24-8-6-10-26(20-24)25-14-18-35(19-15-25)16-7-17-36(28-11-2-1-3-12-28)31-23-33-22-27-9-4-5-13-29(27)34-31/h1-6,8-13,20,22-23,25,31H,7,14-19,21H2,(H2,32,37). The van der Waals surface area contributed by atoms with Crippen molar-refractivity contribution in [3.63, 3.8) is 0 Å². The van der Waals surface area contributed by atoms with Gasteiger partial charge in [-0.3, -0.25) is 14.8 Å². The molecular weight excluding hydrogens is 458 g/mol. The number of rotatable bonds is 9. The number of likely N-dealkylation sites (tertiary alicyclic amines) is 1. The van der Waals surface area contributed by atoms with Crippen molar-refractivity contribution in [2.45, 2.75) is 37.8 Å². The van der Waals surface area contributed by atoms with Gasteiger partial charge in [-0.05, 0) is 74.1 Å². The average molecular weight is 494 g/mol. The van der Waals surface area contributed by atoms with Crippen LogP contribution in [0.5, 0.6) is 0 Å². The maximum atomic E-state index is 11.3. The van der Waals surface area contributed by atoms with E-state index in [1.807, 2.05) is 30.6 Å². The van der Waals surface area contributed by atoms with Crippen LogP contribution in [-0.4, -0.2) is 49.4 Å². The van der Waals surface area contributed by atoms with E-state index in [1.165, 1.54) is 5.56 Å². The van der Waals surface area contributed by atoms with Crippen molar-refractivity contribution in [3.05, 3.63) is 101 Å². The summed E-state index contributed by atoms with van der Waals surface area (Å²) in [5.41, 5.74) is 8.90. The number of fused-ring (bicyclic) bond motifs is 1. The van der Waals surface area contributed by atoms with E-state index < -0.39 is 0 Å². The van der Waals surface area contributed by atoms with Crippen molar-refractivity contribution in [2.75, 3.05) is 31.1 Å². The molecule has 5 rings (SSSR count). The Morgan fingerprint density at radius 1 is 0.973 bits per heavy atom. The molecule has 0 spiro atoms. The van der Waals surface area contributed by atoms with Gasteiger partial charge in [-0.25, -0.2) is 0 Å². The highest BCUT2D eigenvalue weighted by Gasteiger charge is 2.22. The van der Waals surface area contributed by atoms with Crippen molar-refractivity contribution < 1.29 is 4.79 Å². The minimum Gasteiger partial charge on any atom is -0.369 e. The summed E-state index contributed by atoms with van der Waals surface area (Å²) in [6, 6.07) is 27.1. The Morgan fingerprint density at radius 3 is 2.57 bits per heavy atom. The Morgan fingerprint density at radius 2 is 1.76 bits per heavy atom. The van der Waals surface area contributed by atoms with Gasteiger partial charge in [0.25, 0.3) is 0 Å². The molecule has 190 valence electrons. The molecule has 1 fully saturated rings. The zero-order valence-corrected chi connectivity index (χ0v) is 21.2. The van der Waals surface area contributed by atoms with Crippen LogP contribution >= 0.6 is 0 Å². The molecule has 0 aliphatic carbocycles. The highest BCUT2D eigenvalue weighted by Crippen LogP contribution is 2.29. The molecule has 2 heterocycles. The van der Waals surface area contributed by atoms with Gasteiger partial charge in [-0.15, -0.1) is 0 Å². The molecule has 0 saturated carbocycles. The number of carbonyl (C=O) groups is 1. The van der Waals surface area contributed by atoms with Crippen LogP contribution in [0.25, 0.3) is 6.20 Å². The SMILES string of the molecule is NC(=O)Cc1cccc(C2CCN(CCCN(c3ccccc3)C3C=NC=c4ccccc4=N3)CC2)c1.